The lowest BCUT2D eigenvalue weighted by molar-refractivity contribution is -0.654. The Kier molecular flexibility index (Phi) is 4.03. The van der Waals surface area contributed by atoms with E-state index in [1.165, 1.54) is 11.3 Å². The number of benzene rings is 2. The highest BCUT2D eigenvalue weighted by Gasteiger charge is 2.17. The van der Waals surface area contributed by atoms with Gasteiger partial charge in [0.25, 0.3) is 0 Å². The molecule has 0 fully saturated rings. The molecule has 6 heteroatoms. The third kappa shape index (κ3) is 2.92. The van der Waals surface area contributed by atoms with Crippen molar-refractivity contribution in [3.8, 4) is 16.3 Å². The number of ether oxygens (including phenoxy) is 1. The summed E-state index contributed by atoms with van der Waals surface area (Å²) in [6, 6.07) is 18.3. The van der Waals surface area contributed by atoms with Crippen LogP contribution in [0.4, 0.5) is 10.8 Å². The average Bonchev–Trinajstić information content (AvgIpc) is 3.21. The molecule has 0 spiro atoms. The number of rotatable bonds is 4. The highest BCUT2D eigenvalue weighted by Crippen LogP contribution is 2.38. The number of aromatic nitrogens is 2. The van der Waals surface area contributed by atoms with Crippen molar-refractivity contribution in [1.29, 1.82) is 0 Å². The highest BCUT2D eigenvalue weighted by molar-refractivity contribution is 7.16. The zero-order valence-electron chi connectivity index (χ0n) is 13.9. The molecule has 0 aliphatic carbocycles. The highest BCUT2D eigenvalue weighted by atomic mass is 32.1. The zero-order chi connectivity index (χ0) is 17.2. The second kappa shape index (κ2) is 6.49. The molecule has 4 rings (SSSR count). The molecule has 0 atom stereocenters. The number of para-hydroxylation sites is 1. The molecule has 25 heavy (non-hydrogen) atoms. The number of aryl methyl sites for hydroxylation is 1. The number of H-pyrrole nitrogens is 1. The van der Waals surface area contributed by atoms with E-state index in [0.717, 1.165) is 38.0 Å². The Morgan fingerprint density at radius 3 is 2.52 bits per heavy atom. The van der Waals surface area contributed by atoms with Gasteiger partial charge in [-0.15, -0.1) is 0 Å². The molecule has 0 unspecified atom stereocenters. The van der Waals surface area contributed by atoms with E-state index in [9.17, 15) is 0 Å². The molecule has 5 nitrogen and oxygen atoms in total. The van der Waals surface area contributed by atoms with Crippen LogP contribution >= 0.6 is 11.3 Å². The van der Waals surface area contributed by atoms with E-state index in [4.69, 9.17) is 4.74 Å². The number of thiazole rings is 1. The fourth-order valence-corrected chi connectivity index (χ4v) is 3.48. The number of aromatic amines is 1. The summed E-state index contributed by atoms with van der Waals surface area (Å²) in [5.74, 6) is 0. The second-order valence-corrected chi connectivity index (χ2v) is 6.58. The number of fused-ring (bicyclic) bond motifs is 1. The van der Waals surface area contributed by atoms with Crippen LogP contribution in [-0.4, -0.2) is 12.1 Å². The minimum atomic E-state index is 0.779. The molecule has 0 aliphatic rings. The predicted molar refractivity (Wildman–Crippen MR) is 100.0 cm³/mol. The van der Waals surface area contributed by atoms with Crippen molar-refractivity contribution in [3.63, 3.8) is 0 Å². The molecule has 0 bridgehead atoms. The molecule has 124 valence electrons. The molecule has 0 saturated carbocycles. The van der Waals surface area contributed by atoms with Crippen molar-refractivity contribution in [3.05, 3.63) is 60.8 Å². The maximum absolute atomic E-state index is 5.27. The first-order chi connectivity index (χ1) is 12.3. The van der Waals surface area contributed by atoms with Gasteiger partial charge in [0, 0.05) is 16.5 Å². The van der Waals surface area contributed by atoms with E-state index in [2.05, 4.69) is 39.5 Å². The Bertz CT molecular complexity index is 1050. The molecule has 0 radical (unpaired) electrons. The van der Waals surface area contributed by atoms with Crippen molar-refractivity contribution >= 4 is 33.1 Å². The Morgan fingerprint density at radius 1 is 1.00 bits per heavy atom. The van der Waals surface area contributed by atoms with Gasteiger partial charge in [-0.25, -0.2) is 4.57 Å². The van der Waals surface area contributed by atoms with Crippen molar-refractivity contribution in [2.45, 2.75) is 0 Å². The summed E-state index contributed by atoms with van der Waals surface area (Å²) < 4.78 is 7.17. The minimum Gasteiger partial charge on any atom is -0.484 e. The first kappa shape index (κ1) is 15.5. The van der Waals surface area contributed by atoms with Crippen LogP contribution in [0.2, 0.25) is 0 Å². The van der Waals surface area contributed by atoms with Crippen LogP contribution in [0.1, 0.15) is 0 Å². The van der Waals surface area contributed by atoms with Gasteiger partial charge < -0.3 is 9.72 Å². The molecule has 0 aliphatic heterocycles. The van der Waals surface area contributed by atoms with Crippen LogP contribution in [0.5, 0.6) is 5.06 Å². The van der Waals surface area contributed by atoms with E-state index < -0.39 is 0 Å². The van der Waals surface area contributed by atoms with Gasteiger partial charge in [0.15, 0.2) is 0 Å². The molecule has 0 saturated heterocycles. The Hall–Kier alpha value is -2.99. The third-order valence-electron chi connectivity index (χ3n) is 3.97. The van der Waals surface area contributed by atoms with Crippen LogP contribution in [0.25, 0.3) is 22.2 Å². The minimum absolute atomic E-state index is 0.779. The molecule has 0 amide bonds. The Morgan fingerprint density at radius 2 is 1.76 bits per heavy atom. The number of nitrogens with one attached hydrogen (secondary N) is 1. The van der Waals surface area contributed by atoms with E-state index >= 15 is 0 Å². The van der Waals surface area contributed by atoms with Crippen LogP contribution in [-0.2, 0) is 7.05 Å². The summed E-state index contributed by atoms with van der Waals surface area (Å²) >= 11 is 1.46. The van der Waals surface area contributed by atoms with Gasteiger partial charge in [-0.05, 0) is 22.5 Å². The van der Waals surface area contributed by atoms with Gasteiger partial charge in [0.1, 0.15) is 11.9 Å². The van der Waals surface area contributed by atoms with Gasteiger partial charge in [-0.1, -0.05) is 48.5 Å². The fourth-order valence-electron chi connectivity index (χ4n) is 2.72. The summed E-state index contributed by atoms with van der Waals surface area (Å²) in [7, 11) is 3.58. The van der Waals surface area contributed by atoms with Gasteiger partial charge in [0.05, 0.1) is 25.0 Å². The van der Waals surface area contributed by atoms with Crippen LogP contribution < -0.4 is 9.30 Å². The summed E-state index contributed by atoms with van der Waals surface area (Å²) in [5, 5.41) is 11.7. The number of azo groups is 1. The second-order valence-electron chi connectivity index (χ2n) is 5.61. The van der Waals surface area contributed by atoms with Gasteiger partial charge >= 0.3 is 5.13 Å². The normalized spacial score (nSPS) is 11.4. The molecular formula is C19H17N4OS+. The Balaban J connectivity index is 1.85. The first-order valence-corrected chi connectivity index (χ1v) is 8.69. The van der Waals surface area contributed by atoms with E-state index in [1.54, 1.807) is 7.11 Å². The van der Waals surface area contributed by atoms with Crippen molar-refractivity contribution < 1.29 is 9.30 Å². The third-order valence-corrected chi connectivity index (χ3v) is 5.00. The summed E-state index contributed by atoms with van der Waals surface area (Å²) in [6.45, 7) is 0. The topological polar surface area (TPSA) is 53.6 Å². The number of methoxy groups -OCH3 is 1. The molecule has 1 N–H and O–H groups in total. The monoisotopic (exact) mass is 349 g/mol. The fraction of sp³-hybridized carbons (Fsp3) is 0.105. The molecule has 2 aromatic heterocycles. The largest absolute Gasteiger partial charge is 0.484 e. The SMILES string of the molecule is COc1c[n+](C)c(N=Nc2c(-c3ccccc3)[nH]c3ccccc23)s1. The van der Waals surface area contributed by atoms with Crippen LogP contribution in [0.15, 0.2) is 71.0 Å². The van der Waals surface area contributed by atoms with Crippen molar-refractivity contribution in [2.24, 2.45) is 17.3 Å². The first-order valence-electron chi connectivity index (χ1n) is 7.87. The van der Waals surface area contributed by atoms with Crippen molar-refractivity contribution in [1.82, 2.24) is 4.98 Å². The summed E-state index contributed by atoms with van der Waals surface area (Å²) in [6.07, 6.45) is 1.90. The number of hydrogen-bond acceptors (Lipinski definition) is 4. The van der Waals surface area contributed by atoms with Gasteiger partial charge in [-0.3, -0.25) is 0 Å². The zero-order valence-corrected chi connectivity index (χ0v) is 14.7. The molecule has 2 aromatic carbocycles. The van der Waals surface area contributed by atoms with E-state index in [0.29, 0.717) is 0 Å². The number of nitrogens with zero attached hydrogens (tertiary/aromatic N) is 3. The quantitative estimate of drug-likeness (QED) is 0.402. The molecular weight excluding hydrogens is 332 g/mol. The lowest BCUT2D eigenvalue weighted by atomic mass is 10.1. The van der Waals surface area contributed by atoms with E-state index in [1.807, 2.05) is 48.1 Å². The molecule has 4 aromatic rings. The molecule has 2 heterocycles. The summed E-state index contributed by atoms with van der Waals surface area (Å²) in [5.41, 5.74) is 3.94. The lowest BCUT2D eigenvalue weighted by Crippen LogP contribution is -2.23. The van der Waals surface area contributed by atoms with Crippen LogP contribution in [0, 0.1) is 0 Å². The smallest absolute Gasteiger partial charge is 0.411 e. The van der Waals surface area contributed by atoms with Gasteiger partial charge in [-0.2, -0.15) is 0 Å². The lowest BCUT2D eigenvalue weighted by Gasteiger charge is -1.97. The Labute approximate surface area is 149 Å². The van der Waals surface area contributed by atoms with Crippen molar-refractivity contribution in [2.75, 3.05) is 7.11 Å². The maximum atomic E-state index is 5.27. The number of hydrogen-bond donors (Lipinski definition) is 1. The summed E-state index contributed by atoms with van der Waals surface area (Å²) in [4.78, 5) is 3.47. The average molecular weight is 349 g/mol. The van der Waals surface area contributed by atoms with E-state index in [-0.39, 0.29) is 0 Å². The van der Waals surface area contributed by atoms with Crippen LogP contribution in [0.3, 0.4) is 0 Å². The maximum Gasteiger partial charge on any atom is 0.411 e. The van der Waals surface area contributed by atoms with Gasteiger partial charge in [0.2, 0.25) is 5.06 Å². The standard InChI is InChI=1S/C19H16N4OS/c1-23-12-16(24-2)25-19(23)22-21-18-14-10-6-7-11-15(14)20-17(18)13-8-4-3-5-9-13/h3-12H,1-2H3/p+1. The predicted octanol–water partition coefficient (Wildman–Crippen LogP) is 5.14.